The second-order valence-corrected chi connectivity index (χ2v) is 8.78. The van der Waals surface area contributed by atoms with Gasteiger partial charge in [0, 0.05) is 51.5 Å². The van der Waals surface area contributed by atoms with E-state index >= 15 is 0 Å². The zero-order valence-electron chi connectivity index (χ0n) is 16.1. The number of piperazine rings is 1. The van der Waals surface area contributed by atoms with Gasteiger partial charge in [0.2, 0.25) is 10.0 Å². The lowest BCUT2D eigenvalue weighted by molar-refractivity contribution is 0.0698. The molecule has 1 aromatic heterocycles. The van der Waals surface area contributed by atoms with Gasteiger partial charge in [-0.05, 0) is 32.0 Å². The highest BCUT2D eigenvalue weighted by Gasteiger charge is 2.33. The number of aromatic amines is 1. The maximum atomic E-state index is 12.9. The van der Waals surface area contributed by atoms with Crippen molar-refractivity contribution in [1.82, 2.24) is 19.4 Å². The van der Waals surface area contributed by atoms with Gasteiger partial charge in [-0.25, -0.2) is 8.42 Å². The second-order valence-electron chi connectivity index (χ2n) is 6.90. The van der Waals surface area contributed by atoms with Crippen molar-refractivity contribution in [2.45, 2.75) is 18.7 Å². The van der Waals surface area contributed by atoms with Gasteiger partial charge >= 0.3 is 0 Å². The Labute approximate surface area is 159 Å². The normalized spacial score (nSPS) is 15.8. The molecule has 1 fully saturated rings. The minimum Gasteiger partial charge on any atom is -0.378 e. The van der Waals surface area contributed by atoms with Crippen molar-refractivity contribution in [2.24, 2.45) is 0 Å². The summed E-state index contributed by atoms with van der Waals surface area (Å²) in [6.07, 6.45) is 0. The highest BCUT2D eigenvalue weighted by molar-refractivity contribution is 7.89. The number of sulfonamides is 1. The summed E-state index contributed by atoms with van der Waals surface area (Å²) < 4.78 is 27.3. The number of aryl methyl sites for hydroxylation is 2. The highest BCUT2D eigenvalue weighted by atomic mass is 32.2. The number of aromatic nitrogens is 2. The van der Waals surface area contributed by atoms with Gasteiger partial charge in [0.15, 0.2) is 0 Å². The van der Waals surface area contributed by atoms with Crippen molar-refractivity contribution in [3.8, 4) is 0 Å². The van der Waals surface area contributed by atoms with E-state index in [1.807, 2.05) is 37.2 Å². The van der Waals surface area contributed by atoms with Crippen molar-refractivity contribution in [3.63, 3.8) is 0 Å². The molecule has 9 heteroatoms. The Balaban J connectivity index is 1.72. The van der Waals surface area contributed by atoms with Crippen molar-refractivity contribution < 1.29 is 13.2 Å². The first-order valence-electron chi connectivity index (χ1n) is 8.80. The van der Waals surface area contributed by atoms with Gasteiger partial charge in [-0.1, -0.05) is 6.07 Å². The summed E-state index contributed by atoms with van der Waals surface area (Å²) in [4.78, 5) is 16.7. The Bertz CT molecular complexity index is 924. The van der Waals surface area contributed by atoms with Crippen LogP contribution in [0, 0.1) is 13.8 Å². The van der Waals surface area contributed by atoms with Crippen LogP contribution in [-0.2, 0) is 10.0 Å². The number of amides is 1. The van der Waals surface area contributed by atoms with Crippen molar-refractivity contribution in [1.29, 1.82) is 0 Å². The monoisotopic (exact) mass is 391 g/mol. The molecule has 8 nitrogen and oxygen atoms in total. The van der Waals surface area contributed by atoms with Crippen molar-refractivity contribution in [2.75, 3.05) is 45.2 Å². The topological polar surface area (TPSA) is 89.6 Å². The van der Waals surface area contributed by atoms with Crippen LogP contribution < -0.4 is 4.90 Å². The zero-order chi connectivity index (χ0) is 19.8. The minimum atomic E-state index is -3.62. The van der Waals surface area contributed by atoms with Crippen LogP contribution in [0.25, 0.3) is 0 Å². The molecule has 2 heterocycles. The number of H-pyrrole nitrogens is 1. The van der Waals surface area contributed by atoms with Crippen LogP contribution in [0.5, 0.6) is 0 Å². The molecule has 0 unspecified atom stereocenters. The highest BCUT2D eigenvalue weighted by Crippen LogP contribution is 2.23. The van der Waals surface area contributed by atoms with E-state index in [1.165, 1.54) is 4.31 Å². The van der Waals surface area contributed by atoms with Crippen LogP contribution in [0.15, 0.2) is 29.2 Å². The number of carbonyl (C=O) groups excluding carboxylic acids is 1. The maximum absolute atomic E-state index is 12.9. The molecule has 0 bridgehead atoms. The van der Waals surface area contributed by atoms with Crippen molar-refractivity contribution >= 4 is 21.6 Å². The Morgan fingerprint density at radius 2 is 1.81 bits per heavy atom. The van der Waals surface area contributed by atoms with Crippen LogP contribution in [-0.4, -0.2) is 74.0 Å². The van der Waals surface area contributed by atoms with Crippen LogP contribution in [0.4, 0.5) is 5.69 Å². The van der Waals surface area contributed by atoms with E-state index in [9.17, 15) is 13.2 Å². The van der Waals surface area contributed by atoms with E-state index in [1.54, 1.807) is 24.8 Å². The largest absolute Gasteiger partial charge is 0.378 e. The first-order valence-corrected chi connectivity index (χ1v) is 10.2. The lowest BCUT2D eigenvalue weighted by Gasteiger charge is -2.34. The molecule has 1 aromatic carbocycles. The Morgan fingerprint density at radius 1 is 1.15 bits per heavy atom. The first-order chi connectivity index (χ1) is 12.7. The summed E-state index contributed by atoms with van der Waals surface area (Å²) in [6.45, 7) is 4.63. The van der Waals surface area contributed by atoms with Crippen LogP contribution in [0.2, 0.25) is 0 Å². The van der Waals surface area contributed by atoms with Gasteiger partial charge in [0.25, 0.3) is 5.91 Å². The van der Waals surface area contributed by atoms with E-state index < -0.39 is 10.0 Å². The van der Waals surface area contributed by atoms with E-state index in [-0.39, 0.29) is 23.9 Å². The van der Waals surface area contributed by atoms with Crippen LogP contribution in [0.3, 0.4) is 0 Å². The fourth-order valence-electron chi connectivity index (χ4n) is 3.28. The van der Waals surface area contributed by atoms with Gasteiger partial charge in [-0.2, -0.15) is 9.40 Å². The quantitative estimate of drug-likeness (QED) is 0.847. The number of carbonyl (C=O) groups is 1. The third kappa shape index (κ3) is 3.70. The molecule has 0 radical (unpaired) electrons. The summed E-state index contributed by atoms with van der Waals surface area (Å²) in [5, 5.41) is 6.70. The first kappa shape index (κ1) is 19.4. The molecule has 1 amide bonds. The van der Waals surface area contributed by atoms with Gasteiger partial charge in [0.1, 0.15) is 4.90 Å². The molecule has 2 aromatic rings. The molecule has 0 saturated carbocycles. The summed E-state index contributed by atoms with van der Waals surface area (Å²) in [6, 6.07) is 7.44. The summed E-state index contributed by atoms with van der Waals surface area (Å²) >= 11 is 0. The van der Waals surface area contributed by atoms with Gasteiger partial charge in [-0.15, -0.1) is 0 Å². The van der Waals surface area contributed by atoms with E-state index in [0.29, 0.717) is 30.0 Å². The van der Waals surface area contributed by atoms with E-state index in [4.69, 9.17) is 0 Å². The number of anilines is 1. The van der Waals surface area contributed by atoms with Gasteiger partial charge in [-0.3, -0.25) is 9.89 Å². The number of hydrogen-bond donors (Lipinski definition) is 1. The lowest BCUT2D eigenvalue weighted by Crippen LogP contribution is -2.50. The second kappa shape index (κ2) is 7.32. The maximum Gasteiger partial charge on any atom is 0.254 e. The van der Waals surface area contributed by atoms with E-state index in [2.05, 4.69) is 10.2 Å². The molecule has 146 valence electrons. The molecule has 1 N–H and O–H groups in total. The Hall–Kier alpha value is -2.39. The molecule has 1 aliphatic heterocycles. The molecule has 1 saturated heterocycles. The predicted octanol–water partition coefficient (Wildman–Crippen LogP) is 1.24. The average Bonchev–Trinajstić information content (AvgIpc) is 3.00. The zero-order valence-corrected chi connectivity index (χ0v) is 16.9. The number of nitrogens with zero attached hydrogens (tertiary/aromatic N) is 4. The predicted molar refractivity (Wildman–Crippen MR) is 103 cm³/mol. The molecule has 1 aliphatic rings. The fourth-order valence-corrected chi connectivity index (χ4v) is 5.03. The smallest absolute Gasteiger partial charge is 0.254 e. The number of hydrogen-bond acceptors (Lipinski definition) is 5. The third-order valence-corrected chi connectivity index (χ3v) is 6.96. The summed E-state index contributed by atoms with van der Waals surface area (Å²) in [5.74, 6) is -0.0774. The molecule has 27 heavy (non-hydrogen) atoms. The third-order valence-electron chi connectivity index (χ3n) is 4.79. The Morgan fingerprint density at radius 3 is 2.37 bits per heavy atom. The standard InChI is InChI=1S/C18H25N5O3S/c1-13-17(14(2)20-19-13)27(25,26)23-10-8-22(9-11-23)18(24)15-6-5-7-16(12-15)21(3)4/h5-7,12H,8-11H2,1-4H3,(H,19,20). The van der Waals surface area contributed by atoms with Crippen LogP contribution in [0.1, 0.15) is 21.7 Å². The number of rotatable bonds is 4. The summed E-state index contributed by atoms with van der Waals surface area (Å²) in [5.41, 5.74) is 2.56. The van der Waals surface area contributed by atoms with Crippen molar-refractivity contribution in [3.05, 3.63) is 41.2 Å². The van der Waals surface area contributed by atoms with Gasteiger partial charge in [0.05, 0.1) is 11.4 Å². The van der Waals surface area contributed by atoms with Gasteiger partial charge < -0.3 is 9.80 Å². The SMILES string of the molecule is Cc1n[nH]c(C)c1S(=O)(=O)N1CCN(C(=O)c2cccc(N(C)C)c2)CC1. The minimum absolute atomic E-state index is 0.0774. The number of nitrogens with one attached hydrogen (secondary N) is 1. The number of benzene rings is 1. The molecular weight excluding hydrogens is 366 g/mol. The van der Waals surface area contributed by atoms with Crippen LogP contribution >= 0.6 is 0 Å². The molecule has 0 spiro atoms. The summed E-state index contributed by atoms with van der Waals surface area (Å²) in [7, 11) is 0.231. The molecule has 0 aliphatic carbocycles. The molecular formula is C18H25N5O3S. The Kier molecular flexibility index (Phi) is 5.25. The average molecular weight is 391 g/mol. The van der Waals surface area contributed by atoms with E-state index in [0.717, 1.165) is 5.69 Å². The lowest BCUT2D eigenvalue weighted by atomic mass is 10.1. The molecule has 3 rings (SSSR count). The fraction of sp³-hybridized carbons (Fsp3) is 0.444. The molecule has 0 atom stereocenters.